The van der Waals surface area contributed by atoms with Crippen LogP contribution in [0.4, 0.5) is 5.82 Å². The number of nitrogens with two attached hydrogens (primary N) is 1. The molecule has 0 radical (unpaired) electrons. The van der Waals surface area contributed by atoms with Crippen LogP contribution in [0, 0.1) is 13.8 Å². The fourth-order valence-corrected chi connectivity index (χ4v) is 3.67. The van der Waals surface area contributed by atoms with Gasteiger partial charge in [0.1, 0.15) is 11.6 Å². The second-order valence-corrected chi connectivity index (χ2v) is 7.34. The van der Waals surface area contributed by atoms with E-state index in [-0.39, 0.29) is 0 Å². The van der Waals surface area contributed by atoms with Gasteiger partial charge in [-0.25, -0.2) is 9.97 Å². The van der Waals surface area contributed by atoms with Gasteiger partial charge in [0.15, 0.2) is 0 Å². The molecule has 150 valence electrons. The zero-order chi connectivity index (χ0) is 20.4. The topological polar surface area (TPSA) is 88.5 Å². The number of piperazine rings is 1. The average molecular weight is 391 g/mol. The summed E-state index contributed by atoms with van der Waals surface area (Å²) in [6.45, 7) is 8.01. The zero-order valence-corrected chi connectivity index (χ0v) is 16.8. The molecule has 0 saturated carbocycles. The molecule has 7 heteroatoms. The Kier molecular flexibility index (Phi) is 5.31. The Balaban J connectivity index is 1.43. The Morgan fingerprint density at radius 2 is 1.86 bits per heavy atom. The molecule has 1 saturated heterocycles. The minimum atomic E-state index is -0.447. The second-order valence-electron chi connectivity index (χ2n) is 7.34. The fraction of sp³-hybridized carbons (Fsp3) is 0.318. The molecule has 1 amide bonds. The molecule has 2 N–H and O–H groups in total. The predicted octanol–water partition coefficient (Wildman–Crippen LogP) is 2.77. The zero-order valence-electron chi connectivity index (χ0n) is 16.8. The maximum Gasteiger partial charge on any atom is 0.252 e. The highest BCUT2D eigenvalue weighted by Crippen LogP contribution is 2.26. The summed E-state index contributed by atoms with van der Waals surface area (Å²) in [6.07, 6.45) is 1.69. The van der Waals surface area contributed by atoms with Gasteiger partial charge in [0.05, 0.1) is 11.3 Å². The number of nitrogens with zero attached hydrogens (tertiary/aromatic N) is 4. The van der Waals surface area contributed by atoms with Gasteiger partial charge >= 0.3 is 0 Å². The van der Waals surface area contributed by atoms with Crippen molar-refractivity contribution in [2.24, 2.45) is 5.73 Å². The van der Waals surface area contributed by atoms with E-state index in [0.717, 1.165) is 55.3 Å². The van der Waals surface area contributed by atoms with Crippen LogP contribution in [0.15, 0.2) is 47.0 Å². The van der Waals surface area contributed by atoms with Crippen molar-refractivity contribution in [3.63, 3.8) is 0 Å². The third-order valence-electron chi connectivity index (χ3n) is 5.37. The molecule has 1 aliphatic rings. The van der Waals surface area contributed by atoms with E-state index in [9.17, 15) is 4.79 Å². The van der Waals surface area contributed by atoms with Gasteiger partial charge in [-0.2, -0.15) is 0 Å². The van der Waals surface area contributed by atoms with Crippen molar-refractivity contribution >= 4 is 11.7 Å². The number of carbonyl (C=O) groups excluding carboxylic acids is 1. The number of carbonyl (C=O) groups is 1. The highest BCUT2D eigenvalue weighted by molar-refractivity contribution is 5.97. The fourth-order valence-electron chi connectivity index (χ4n) is 3.67. The molecule has 0 aliphatic carbocycles. The van der Waals surface area contributed by atoms with Gasteiger partial charge in [-0.1, -0.05) is 18.2 Å². The largest absolute Gasteiger partial charge is 0.441 e. The van der Waals surface area contributed by atoms with Gasteiger partial charge in [-0.15, -0.1) is 0 Å². The second kappa shape index (κ2) is 8.05. The Morgan fingerprint density at radius 3 is 2.59 bits per heavy atom. The minimum Gasteiger partial charge on any atom is -0.441 e. The number of anilines is 1. The number of primary amides is 1. The molecule has 1 aliphatic heterocycles. The number of hydrogen-bond acceptors (Lipinski definition) is 6. The Bertz CT molecular complexity index is 1020. The van der Waals surface area contributed by atoms with Crippen LogP contribution in [-0.2, 0) is 6.54 Å². The molecule has 7 nitrogen and oxygen atoms in total. The third-order valence-corrected chi connectivity index (χ3v) is 5.37. The van der Waals surface area contributed by atoms with Gasteiger partial charge in [0, 0.05) is 44.5 Å². The summed E-state index contributed by atoms with van der Waals surface area (Å²) in [5.41, 5.74) is 9.10. The van der Waals surface area contributed by atoms with Crippen molar-refractivity contribution in [2.75, 3.05) is 31.1 Å². The molecule has 0 spiro atoms. The lowest BCUT2D eigenvalue weighted by molar-refractivity contribution is 0.1000. The number of rotatable bonds is 5. The Morgan fingerprint density at radius 1 is 1.10 bits per heavy atom. The molecule has 0 bridgehead atoms. The van der Waals surface area contributed by atoms with Crippen molar-refractivity contribution in [3.8, 4) is 11.5 Å². The summed E-state index contributed by atoms with van der Waals surface area (Å²) in [5, 5.41) is 0. The lowest BCUT2D eigenvalue weighted by Crippen LogP contribution is -2.47. The average Bonchev–Trinajstić information content (AvgIpc) is 3.09. The summed E-state index contributed by atoms with van der Waals surface area (Å²) >= 11 is 0. The van der Waals surface area contributed by atoms with Gasteiger partial charge in [0.25, 0.3) is 5.91 Å². The first-order valence-electron chi connectivity index (χ1n) is 9.77. The predicted molar refractivity (Wildman–Crippen MR) is 112 cm³/mol. The van der Waals surface area contributed by atoms with Gasteiger partial charge in [0.2, 0.25) is 5.89 Å². The summed E-state index contributed by atoms with van der Waals surface area (Å²) in [4.78, 5) is 25.3. The first-order valence-corrected chi connectivity index (χ1v) is 9.77. The van der Waals surface area contributed by atoms with E-state index >= 15 is 0 Å². The van der Waals surface area contributed by atoms with E-state index < -0.39 is 5.91 Å². The van der Waals surface area contributed by atoms with E-state index in [4.69, 9.17) is 15.1 Å². The standard InChI is InChI=1S/C22H25N5O2/c1-15-6-3-4-7-17(15)22-25-19(16(2)29-22)14-26-10-12-27(13-11-26)21-18(20(23)28)8-5-9-24-21/h3-9H,10-14H2,1-2H3,(H2,23,28). The number of benzene rings is 1. The van der Waals surface area contributed by atoms with E-state index in [1.807, 2.05) is 25.1 Å². The third kappa shape index (κ3) is 4.00. The number of pyridine rings is 1. The molecular formula is C22H25N5O2. The van der Waals surface area contributed by atoms with Crippen molar-refractivity contribution in [1.29, 1.82) is 0 Å². The maximum absolute atomic E-state index is 11.7. The normalized spacial score (nSPS) is 14.9. The quantitative estimate of drug-likeness (QED) is 0.719. The Labute approximate surface area is 170 Å². The number of hydrogen-bond donors (Lipinski definition) is 1. The number of oxazole rings is 1. The van der Waals surface area contributed by atoms with Gasteiger partial charge < -0.3 is 15.1 Å². The Hall–Kier alpha value is -3.19. The molecule has 2 aromatic heterocycles. The van der Waals surface area contributed by atoms with Crippen molar-refractivity contribution in [3.05, 3.63) is 65.2 Å². The van der Waals surface area contributed by atoms with Crippen LogP contribution >= 0.6 is 0 Å². The first-order chi connectivity index (χ1) is 14.0. The first kappa shape index (κ1) is 19.1. The lowest BCUT2D eigenvalue weighted by atomic mass is 10.1. The molecule has 3 aromatic rings. The van der Waals surface area contributed by atoms with Crippen molar-refractivity contribution < 1.29 is 9.21 Å². The number of aryl methyl sites for hydroxylation is 2. The molecule has 3 heterocycles. The van der Waals surface area contributed by atoms with Crippen molar-refractivity contribution in [2.45, 2.75) is 20.4 Å². The van der Waals surface area contributed by atoms with Crippen LogP contribution in [-0.4, -0.2) is 47.0 Å². The smallest absolute Gasteiger partial charge is 0.252 e. The SMILES string of the molecule is Cc1ccccc1-c1nc(CN2CCN(c3ncccc3C(N)=O)CC2)c(C)o1. The van der Waals surface area contributed by atoms with E-state index in [2.05, 4.69) is 27.8 Å². The summed E-state index contributed by atoms with van der Waals surface area (Å²) < 4.78 is 5.95. The maximum atomic E-state index is 11.7. The van der Waals surface area contributed by atoms with Crippen LogP contribution in [0.1, 0.15) is 27.4 Å². The van der Waals surface area contributed by atoms with Crippen LogP contribution < -0.4 is 10.6 Å². The van der Waals surface area contributed by atoms with Crippen LogP contribution in [0.3, 0.4) is 0 Å². The summed E-state index contributed by atoms with van der Waals surface area (Å²) in [7, 11) is 0. The summed E-state index contributed by atoms with van der Waals surface area (Å²) in [5.74, 6) is 1.75. The molecule has 0 unspecified atom stereocenters. The van der Waals surface area contributed by atoms with E-state index in [1.54, 1.807) is 18.3 Å². The van der Waals surface area contributed by atoms with E-state index in [0.29, 0.717) is 17.3 Å². The van der Waals surface area contributed by atoms with Gasteiger partial charge in [-0.05, 0) is 37.6 Å². The van der Waals surface area contributed by atoms with Crippen LogP contribution in [0.25, 0.3) is 11.5 Å². The highest BCUT2D eigenvalue weighted by atomic mass is 16.4. The number of amides is 1. The number of aromatic nitrogens is 2. The molecule has 0 atom stereocenters. The molecule has 1 fully saturated rings. The molecule has 29 heavy (non-hydrogen) atoms. The van der Waals surface area contributed by atoms with Crippen LogP contribution in [0.5, 0.6) is 0 Å². The molecule has 1 aromatic carbocycles. The minimum absolute atomic E-state index is 0.447. The highest BCUT2D eigenvalue weighted by Gasteiger charge is 2.23. The van der Waals surface area contributed by atoms with Crippen LogP contribution in [0.2, 0.25) is 0 Å². The molecular weight excluding hydrogens is 366 g/mol. The monoisotopic (exact) mass is 391 g/mol. The molecule has 4 rings (SSSR count). The summed E-state index contributed by atoms with van der Waals surface area (Å²) in [6, 6.07) is 11.6. The lowest BCUT2D eigenvalue weighted by Gasteiger charge is -2.35. The van der Waals surface area contributed by atoms with Gasteiger partial charge in [-0.3, -0.25) is 9.69 Å². The van der Waals surface area contributed by atoms with E-state index in [1.165, 1.54) is 0 Å². The van der Waals surface area contributed by atoms with Crippen molar-refractivity contribution in [1.82, 2.24) is 14.9 Å².